The van der Waals surface area contributed by atoms with Crippen LogP contribution in [0, 0.1) is 6.92 Å². The van der Waals surface area contributed by atoms with E-state index in [1.54, 1.807) is 38.3 Å². The number of carboxylic acids is 1. The van der Waals surface area contributed by atoms with Gasteiger partial charge in [0.1, 0.15) is 23.3 Å². The van der Waals surface area contributed by atoms with Crippen LogP contribution in [0.2, 0.25) is 0 Å². The highest BCUT2D eigenvalue weighted by Gasteiger charge is 2.20. The highest BCUT2D eigenvalue weighted by molar-refractivity contribution is 5.89. The van der Waals surface area contributed by atoms with E-state index in [1.807, 2.05) is 0 Å². The van der Waals surface area contributed by atoms with Gasteiger partial charge in [0.15, 0.2) is 0 Å². The molecular weight excluding hydrogens is 364 g/mol. The fraction of sp³-hybridized carbons (Fsp3) is 0.190. The predicted molar refractivity (Wildman–Crippen MR) is 102 cm³/mol. The Labute approximate surface area is 160 Å². The second kappa shape index (κ2) is 7.56. The molecule has 0 saturated carbocycles. The van der Waals surface area contributed by atoms with Gasteiger partial charge in [-0.25, -0.2) is 0 Å². The molecule has 0 aliphatic heterocycles. The lowest BCUT2D eigenvalue weighted by molar-refractivity contribution is -0.136. The van der Waals surface area contributed by atoms with Gasteiger partial charge in [0, 0.05) is 18.1 Å². The Balaban J connectivity index is 2.24. The number of esters is 1. The SMILES string of the molecule is COc1ccc(-c2coc3c(C)c(OC(C)=O)c(CC(=O)O)cc3c2=O)cc1. The Hall–Kier alpha value is -3.61. The van der Waals surface area contributed by atoms with Gasteiger partial charge < -0.3 is 19.0 Å². The van der Waals surface area contributed by atoms with E-state index in [4.69, 9.17) is 13.9 Å². The molecule has 28 heavy (non-hydrogen) atoms. The van der Waals surface area contributed by atoms with Gasteiger partial charge in [0.2, 0.25) is 5.43 Å². The quantitative estimate of drug-likeness (QED) is 0.533. The van der Waals surface area contributed by atoms with E-state index in [-0.39, 0.29) is 27.7 Å². The molecule has 7 nitrogen and oxygen atoms in total. The normalized spacial score (nSPS) is 10.7. The van der Waals surface area contributed by atoms with Crippen LogP contribution < -0.4 is 14.9 Å². The molecule has 0 atom stereocenters. The molecule has 0 radical (unpaired) electrons. The van der Waals surface area contributed by atoms with E-state index < -0.39 is 18.4 Å². The summed E-state index contributed by atoms with van der Waals surface area (Å²) < 4.78 is 16.0. The first-order valence-electron chi connectivity index (χ1n) is 8.44. The van der Waals surface area contributed by atoms with Crippen molar-refractivity contribution >= 4 is 22.9 Å². The first-order valence-corrected chi connectivity index (χ1v) is 8.44. The summed E-state index contributed by atoms with van der Waals surface area (Å²) in [5.74, 6) is -0.948. The van der Waals surface area contributed by atoms with Gasteiger partial charge >= 0.3 is 11.9 Å². The van der Waals surface area contributed by atoms with Crippen LogP contribution >= 0.6 is 0 Å². The second-order valence-electron chi connectivity index (χ2n) is 6.24. The van der Waals surface area contributed by atoms with Gasteiger partial charge in [-0.2, -0.15) is 0 Å². The van der Waals surface area contributed by atoms with Crippen molar-refractivity contribution in [1.82, 2.24) is 0 Å². The summed E-state index contributed by atoms with van der Waals surface area (Å²) in [6, 6.07) is 8.33. The highest BCUT2D eigenvalue weighted by atomic mass is 16.5. The summed E-state index contributed by atoms with van der Waals surface area (Å²) in [7, 11) is 1.55. The van der Waals surface area contributed by atoms with Crippen LogP contribution in [0.25, 0.3) is 22.1 Å². The van der Waals surface area contributed by atoms with Crippen molar-refractivity contribution < 1.29 is 28.6 Å². The van der Waals surface area contributed by atoms with Gasteiger partial charge in [-0.1, -0.05) is 12.1 Å². The number of aliphatic carboxylic acids is 1. The molecule has 0 aliphatic carbocycles. The zero-order chi connectivity index (χ0) is 20.4. The Morgan fingerprint density at radius 3 is 2.43 bits per heavy atom. The average molecular weight is 382 g/mol. The first-order chi connectivity index (χ1) is 13.3. The van der Waals surface area contributed by atoms with Crippen molar-refractivity contribution in [3.63, 3.8) is 0 Å². The lowest BCUT2D eigenvalue weighted by Gasteiger charge is -2.13. The molecule has 1 aromatic heterocycles. The monoisotopic (exact) mass is 382 g/mol. The van der Waals surface area contributed by atoms with E-state index in [9.17, 15) is 19.5 Å². The Morgan fingerprint density at radius 2 is 1.86 bits per heavy atom. The molecular formula is C21H18O7. The summed E-state index contributed by atoms with van der Waals surface area (Å²) in [5, 5.41) is 9.41. The van der Waals surface area contributed by atoms with Crippen LogP contribution in [0.3, 0.4) is 0 Å². The van der Waals surface area contributed by atoms with Crippen LogP contribution in [0.15, 0.2) is 45.8 Å². The number of hydrogen-bond donors (Lipinski definition) is 1. The number of benzene rings is 2. The fourth-order valence-corrected chi connectivity index (χ4v) is 3.04. The molecule has 0 spiro atoms. The van der Waals surface area contributed by atoms with E-state index >= 15 is 0 Å². The molecule has 0 amide bonds. The largest absolute Gasteiger partial charge is 0.497 e. The zero-order valence-electron chi connectivity index (χ0n) is 15.6. The topological polar surface area (TPSA) is 103 Å². The molecule has 0 unspecified atom stereocenters. The number of ether oxygens (including phenoxy) is 2. The molecule has 0 bridgehead atoms. The minimum absolute atomic E-state index is 0.0998. The number of hydrogen-bond acceptors (Lipinski definition) is 6. The summed E-state index contributed by atoms with van der Waals surface area (Å²) in [5.41, 5.74) is 1.52. The molecule has 0 fully saturated rings. The lowest BCUT2D eigenvalue weighted by Crippen LogP contribution is -2.12. The molecule has 3 aromatic rings. The molecule has 0 saturated heterocycles. The van der Waals surface area contributed by atoms with Crippen molar-refractivity contribution in [2.45, 2.75) is 20.3 Å². The number of carbonyl (C=O) groups excluding carboxylic acids is 1. The smallest absolute Gasteiger partial charge is 0.308 e. The van der Waals surface area contributed by atoms with Gasteiger partial charge in [-0.3, -0.25) is 14.4 Å². The van der Waals surface area contributed by atoms with E-state index in [2.05, 4.69) is 0 Å². The number of aryl methyl sites for hydroxylation is 1. The molecule has 0 aliphatic rings. The van der Waals surface area contributed by atoms with Crippen molar-refractivity contribution in [3.05, 3.63) is 57.9 Å². The predicted octanol–water partition coefficient (Wildman–Crippen LogP) is 3.33. The van der Waals surface area contributed by atoms with Gasteiger partial charge in [0.05, 0.1) is 24.5 Å². The van der Waals surface area contributed by atoms with Crippen molar-refractivity contribution in [2.75, 3.05) is 7.11 Å². The molecule has 144 valence electrons. The van der Waals surface area contributed by atoms with Crippen LogP contribution in [0.1, 0.15) is 18.1 Å². The Morgan fingerprint density at radius 1 is 1.18 bits per heavy atom. The average Bonchev–Trinajstić information content (AvgIpc) is 2.65. The molecule has 1 N–H and O–H groups in total. The maximum absolute atomic E-state index is 13.1. The van der Waals surface area contributed by atoms with Crippen LogP contribution in [0.5, 0.6) is 11.5 Å². The first kappa shape index (κ1) is 19.2. The van der Waals surface area contributed by atoms with Gasteiger partial charge in [-0.15, -0.1) is 0 Å². The third-order valence-electron chi connectivity index (χ3n) is 4.31. The maximum atomic E-state index is 13.1. The number of rotatable bonds is 5. The van der Waals surface area contributed by atoms with Crippen LogP contribution in [0.4, 0.5) is 0 Å². The fourth-order valence-electron chi connectivity index (χ4n) is 3.04. The Kier molecular flexibility index (Phi) is 5.17. The summed E-state index contributed by atoms with van der Waals surface area (Å²) in [6.07, 6.45) is 0.944. The zero-order valence-corrected chi connectivity index (χ0v) is 15.6. The minimum atomic E-state index is -1.11. The summed E-state index contributed by atoms with van der Waals surface area (Å²) >= 11 is 0. The maximum Gasteiger partial charge on any atom is 0.308 e. The second-order valence-corrected chi connectivity index (χ2v) is 6.24. The van der Waals surface area contributed by atoms with Gasteiger partial charge in [-0.05, 0) is 30.7 Å². The number of carbonyl (C=O) groups is 2. The van der Waals surface area contributed by atoms with E-state index in [0.29, 0.717) is 22.4 Å². The summed E-state index contributed by atoms with van der Waals surface area (Å²) in [4.78, 5) is 35.7. The minimum Gasteiger partial charge on any atom is -0.497 e. The molecule has 7 heteroatoms. The van der Waals surface area contributed by atoms with E-state index in [1.165, 1.54) is 19.3 Å². The van der Waals surface area contributed by atoms with Crippen molar-refractivity contribution in [2.24, 2.45) is 0 Å². The molecule has 2 aromatic carbocycles. The molecule has 3 rings (SSSR count). The van der Waals surface area contributed by atoms with Gasteiger partial charge in [0.25, 0.3) is 0 Å². The van der Waals surface area contributed by atoms with Crippen molar-refractivity contribution in [1.29, 1.82) is 0 Å². The number of methoxy groups -OCH3 is 1. The third kappa shape index (κ3) is 3.59. The molecule has 1 heterocycles. The van der Waals surface area contributed by atoms with Crippen LogP contribution in [-0.4, -0.2) is 24.2 Å². The third-order valence-corrected chi connectivity index (χ3v) is 4.31. The summed E-state index contributed by atoms with van der Waals surface area (Å²) in [6.45, 7) is 2.83. The number of fused-ring (bicyclic) bond motifs is 1. The lowest BCUT2D eigenvalue weighted by atomic mass is 9.99. The number of carboxylic acid groups (broad SMARTS) is 1. The van der Waals surface area contributed by atoms with Crippen LogP contribution in [-0.2, 0) is 16.0 Å². The van der Waals surface area contributed by atoms with E-state index in [0.717, 1.165) is 0 Å². The van der Waals surface area contributed by atoms with Crippen molar-refractivity contribution in [3.8, 4) is 22.6 Å². The standard InChI is InChI=1S/C21H18O7/c1-11-20(28-12(2)22)14(9-18(23)24)8-16-19(25)17(10-27-21(11)16)13-4-6-15(26-3)7-5-13/h4-8,10H,9H2,1-3H3,(H,23,24). The highest BCUT2D eigenvalue weighted by Crippen LogP contribution is 2.32. The Bertz CT molecular complexity index is 1120.